The van der Waals surface area contributed by atoms with Crippen LogP contribution < -0.4 is 10.2 Å². The fourth-order valence-corrected chi connectivity index (χ4v) is 2.22. The predicted molar refractivity (Wildman–Crippen MR) is 85.3 cm³/mol. The summed E-state index contributed by atoms with van der Waals surface area (Å²) in [6.45, 7) is 10.1. The normalized spacial score (nSPS) is 11.1. The molecule has 1 aromatic heterocycles. The second kappa shape index (κ2) is 8.93. The minimum absolute atomic E-state index is 0.603. The number of nitrogens with one attached hydrogen (secondary N) is 1. The van der Waals surface area contributed by atoms with E-state index in [1.807, 2.05) is 7.05 Å². The predicted octanol–water partition coefficient (Wildman–Crippen LogP) is 2.47. The van der Waals surface area contributed by atoms with Crippen molar-refractivity contribution in [3.63, 3.8) is 0 Å². The lowest BCUT2D eigenvalue weighted by Crippen LogP contribution is -2.32. The molecule has 1 heterocycles. The molecule has 114 valence electrons. The molecule has 0 unspecified atom stereocenters. The molecule has 0 aromatic carbocycles. The minimum atomic E-state index is 0.603. The van der Waals surface area contributed by atoms with Crippen molar-refractivity contribution in [3.8, 4) is 0 Å². The maximum atomic E-state index is 5.23. The van der Waals surface area contributed by atoms with Gasteiger partial charge < -0.3 is 15.0 Å². The summed E-state index contributed by atoms with van der Waals surface area (Å²) in [4.78, 5) is 7.11. The van der Waals surface area contributed by atoms with Crippen LogP contribution in [0.25, 0.3) is 0 Å². The Balaban J connectivity index is 2.99. The van der Waals surface area contributed by atoms with Crippen LogP contribution in [0.4, 0.5) is 5.82 Å². The van der Waals surface area contributed by atoms with Crippen LogP contribution >= 0.6 is 0 Å². The van der Waals surface area contributed by atoms with Gasteiger partial charge in [0, 0.05) is 32.4 Å². The highest BCUT2D eigenvalue weighted by Gasteiger charge is 2.12. The lowest BCUT2D eigenvalue weighted by Gasteiger charge is -2.26. The van der Waals surface area contributed by atoms with Gasteiger partial charge in [-0.2, -0.15) is 0 Å². The van der Waals surface area contributed by atoms with Gasteiger partial charge in [-0.05, 0) is 37.1 Å². The Bertz CT molecular complexity index is 393. The van der Waals surface area contributed by atoms with Gasteiger partial charge in [0.2, 0.25) is 0 Å². The average molecular weight is 279 g/mol. The van der Waals surface area contributed by atoms with Crippen LogP contribution in [0.3, 0.4) is 0 Å². The van der Waals surface area contributed by atoms with Crippen molar-refractivity contribution in [2.24, 2.45) is 5.92 Å². The zero-order valence-electron chi connectivity index (χ0n) is 13.6. The zero-order valence-corrected chi connectivity index (χ0v) is 13.6. The van der Waals surface area contributed by atoms with Crippen molar-refractivity contribution in [2.45, 2.75) is 33.7 Å². The second-order valence-electron chi connectivity index (χ2n) is 5.54. The number of methoxy groups -OCH3 is 1. The van der Waals surface area contributed by atoms with Gasteiger partial charge in [-0.25, -0.2) is 4.98 Å². The molecule has 1 N–H and O–H groups in total. The molecule has 20 heavy (non-hydrogen) atoms. The van der Waals surface area contributed by atoms with Gasteiger partial charge >= 0.3 is 0 Å². The third kappa shape index (κ3) is 5.47. The summed E-state index contributed by atoms with van der Waals surface area (Å²) in [6.07, 6.45) is 0.963. The Labute approximate surface area is 123 Å². The molecule has 0 atom stereocenters. The summed E-state index contributed by atoms with van der Waals surface area (Å²) in [5, 5.41) is 3.21. The van der Waals surface area contributed by atoms with Crippen molar-refractivity contribution in [2.75, 3.05) is 38.8 Å². The number of anilines is 1. The fourth-order valence-electron chi connectivity index (χ4n) is 2.22. The highest BCUT2D eigenvalue weighted by atomic mass is 16.5. The zero-order chi connectivity index (χ0) is 15.0. The van der Waals surface area contributed by atoms with Crippen molar-refractivity contribution in [1.29, 1.82) is 0 Å². The Morgan fingerprint density at radius 2 is 2.10 bits per heavy atom. The van der Waals surface area contributed by atoms with E-state index in [9.17, 15) is 0 Å². The van der Waals surface area contributed by atoms with Crippen LogP contribution in [0.15, 0.2) is 12.1 Å². The molecule has 0 fully saturated rings. The summed E-state index contributed by atoms with van der Waals surface area (Å²) < 4.78 is 5.23. The summed E-state index contributed by atoms with van der Waals surface area (Å²) >= 11 is 0. The fraction of sp³-hybridized carbons (Fsp3) is 0.688. The van der Waals surface area contributed by atoms with Crippen molar-refractivity contribution in [1.82, 2.24) is 10.3 Å². The summed E-state index contributed by atoms with van der Waals surface area (Å²) in [6, 6.07) is 4.37. The number of rotatable bonds is 9. The summed E-state index contributed by atoms with van der Waals surface area (Å²) in [7, 11) is 3.72. The highest BCUT2D eigenvalue weighted by molar-refractivity contribution is 5.43. The van der Waals surface area contributed by atoms with Crippen molar-refractivity contribution in [3.05, 3.63) is 23.4 Å². The molecule has 0 aliphatic heterocycles. The molecular weight excluding hydrogens is 250 g/mol. The van der Waals surface area contributed by atoms with Crippen LogP contribution in [-0.2, 0) is 17.7 Å². The van der Waals surface area contributed by atoms with E-state index in [0.29, 0.717) is 5.92 Å². The van der Waals surface area contributed by atoms with Gasteiger partial charge in [0.1, 0.15) is 5.82 Å². The highest BCUT2D eigenvalue weighted by Crippen LogP contribution is 2.17. The van der Waals surface area contributed by atoms with E-state index in [-0.39, 0.29) is 0 Å². The first-order valence-corrected chi connectivity index (χ1v) is 7.49. The van der Waals surface area contributed by atoms with Gasteiger partial charge in [0.25, 0.3) is 0 Å². The number of ether oxygens (including phenoxy) is 1. The molecule has 0 radical (unpaired) electrons. The van der Waals surface area contributed by atoms with E-state index in [1.165, 1.54) is 5.56 Å². The molecule has 0 bridgehead atoms. The number of hydrogen-bond donors (Lipinski definition) is 1. The van der Waals surface area contributed by atoms with E-state index < -0.39 is 0 Å². The third-order valence-corrected chi connectivity index (χ3v) is 3.14. The average Bonchev–Trinajstić information content (AvgIpc) is 2.43. The Morgan fingerprint density at radius 1 is 1.35 bits per heavy atom. The van der Waals surface area contributed by atoms with Crippen LogP contribution in [0.1, 0.15) is 32.0 Å². The molecule has 0 aliphatic carbocycles. The summed E-state index contributed by atoms with van der Waals surface area (Å²) in [5.41, 5.74) is 2.44. The van der Waals surface area contributed by atoms with Gasteiger partial charge in [-0.3, -0.25) is 0 Å². The van der Waals surface area contributed by atoms with E-state index in [4.69, 9.17) is 9.72 Å². The molecule has 4 nitrogen and oxygen atoms in total. The first kappa shape index (κ1) is 16.9. The summed E-state index contributed by atoms with van der Waals surface area (Å²) in [5.74, 6) is 1.67. The van der Waals surface area contributed by atoms with Gasteiger partial charge in [0.05, 0.1) is 6.61 Å². The Morgan fingerprint density at radius 3 is 2.65 bits per heavy atom. The number of aromatic nitrogens is 1. The molecule has 0 aliphatic rings. The lowest BCUT2D eigenvalue weighted by molar-refractivity contribution is 0.204. The van der Waals surface area contributed by atoms with Crippen LogP contribution in [0.2, 0.25) is 0 Å². The topological polar surface area (TPSA) is 37.4 Å². The molecule has 0 saturated heterocycles. The largest absolute Gasteiger partial charge is 0.383 e. The van der Waals surface area contributed by atoms with E-state index >= 15 is 0 Å². The van der Waals surface area contributed by atoms with E-state index in [2.05, 4.69) is 43.1 Å². The minimum Gasteiger partial charge on any atom is -0.383 e. The van der Waals surface area contributed by atoms with Crippen LogP contribution in [-0.4, -0.2) is 38.8 Å². The quantitative estimate of drug-likeness (QED) is 0.753. The molecular formula is C16H29N3O. The maximum Gasteiger partial charge on any atom is 0.129 e. The van der Waals surface area contributed by atoms with Gasteiger partial charge in [-0.1, -0.05) is 20.8 Å². The molecule has 1 aromatic rings. The molecule has 1 rings (SSSR count). The van der Waals surface area contributed by atoms with Gasteiger partial charge in [0.15, 0.2) is 0 Å². The van der Waals surface area contributed by atoms with Crippen molar-refractivity contribution >= 4 is 5.82 Å². The van der Waals surface area contributed by atoms with E-state index in [1.54, 1.807) is 7.11 Å². The van der Waals surface area contributed by atoms with Crippen LogP contribution in [0, 0.1) is 5.92 Å². The lowest BCUT2D eigenvalue weighted by atomic mass is 10.1. The number of aryl methyl sites for hydroxylation is 1. The molecule has 0 spiro atoms. The number of pyridine rings is 1. The standard InChI is InChI=1S/C16H29N3O/c1-6-15-9-14(11-17-4)10-16(18-15)19(7-8-20-5)12-13(2)3/h9-10,13,17H,6-8,11-12H2,1-5H3. The third-order valence-electron chi connectivity index (χ3n) is 3.14. The molecule has 0 amide bonds. The van der Waals surface area contributed by atoms with Crippen molar-refractivity contribution < 1.29 is 4.74 Å². The second-order valence-corrected chi connectivity index (χ2v) is 5.54. The Hall–Kier alpha value is -1.13. The number of hydrogen-bond acceptors (Lipinski definition) is 4. The van der Waals surface area contributed by atoms with Crippen LogP contribution in [0.5, 0.6) is 0 Å². The first-order chi connectivity index (χ1) is 9.60. The Kier molecular flexibility index (Phi) is 7.55. The SMILES string of the molecule is CCc1cc(CNC)cc(N(CCOC)CC(C)C)n1. The first-order valence-electron chi connectivity index (χ1n) is 7.49. The maximum absolute atomic E-state index is 5.23. The van der Waals surface area contributed by atoms with E-state index in [0.717, 1.165) is 44.2 Å². The van der Waals surface area contributed by atoms with Gasteiger partial charge in [-0.15, -0.1) is 0 Å². The molecule has 0 saturated carbocycles. The number of nitrogens with zero attached hydrogens (tertiary/aromatic N) is 2. The monoisotopic (exact) mass is 279 g/mol. The molecule has 4 heteroatoms. The smallest absolute Gasteiger partial charge is 0.129 e.